The highest BCUT2D eigenvalue weighted by molar-refractivity contribution is 5.77. The number of likely N-dealkylation sites (tertiary alicyclic amines) is 1. The first-order valence-electron chi connectivity index (χ1n) is 3.83. The zero-order valence-electron chi connectivity index (χ0n) is 7.04. The number of hydrogen-bond donors (Lipinski definition) is 1. The smallest absolute Gasteiger partial charge is 0.406 e. The van der Waals surface area contributed by atoms with Gasteiger partial charge in [0.1, 0.15) is 0 Å². The molecular formula is C7H8F3NO3. The third-order valence-electron chi connectivity index (χ3n) is 2.40. The lowest BCUT2D eigenvalue weighted by Gasteiger charge is -2.26. The van der Waals surface area contributed by atoms with Crippen LogP contribution in [0.3, 0.4) is 0 Å². The first kappa shape index (κ1) is 10.8. The molecule has 0 aromatic heterocycles. The van der Waals surface area contributed by atoms with Crippen molar-refractivity contribution >= 4 is 12.4 Å². The van der Waals surface area contributed by atoms with E-state index in [4.69, 9.17) is 5.11 Å². The number of hydrogen-bond acceptors (Lipinski definition) is 2. The number of halogens is 3. The summed E-state index contributed by atoms with van der Waals surface area (Å²) in [6, 6.07) is 0. The monoisotopic (exact) mass is 211 g/mol. The predicted molar refractivity (Wildman–Crippen MR) is 38.4 cm³/mol. The second-order valence-electron chi connectivity index (χ2n) is 3.21. The molecule has 1 saturated heterocycles. The molecule has 80 valence electrons. The number of amides is 1. The lowest BCUT2D eigenvalue weighted by Crippen LogP contribution is -2.47. The summed E-state index contributed by atoms with van der Waals surface area (Å²) < 4.78 is 37.4. The number of rotatable bonds is 2. The fourth-order valence-corrected chi connectivity index (χ4v) is 1.46. The zero-order valence-corrected chi connectivity index (χ0v) is 7.04. The van der Waals surface area contributed by atoms with Crippen molar-refractivity contribution in [3.05, 3.63) is 0 Å². The Balaban J connectivity index is 2.98. The van der Waals surface area contributed by atoms with Crippen LogP contribution in [0.25, 0.3) is 0 Å². The molecule has 1 N–H and O–H groups in total. The lowest BCUT2D eigenvalue weighted by molar-refractivity contribution is -0.227. The van der Waals surface area contributed by atoms with Crippen LogP contribution < -0.4 is 0 Å². The van der Waals surface area contributed by atoms with E-state index in [0.717, 1.165) is 4.90 Å². The summed E-state index contributed by atoms with van der Waals surface area (Å²) in [4.78, 5) is 21.6. The average molecular weight is 211 g/mol. The van der Waals surface area contributed by atoms with Gasteiger partial charge in [0, 0.05) is 13.1 Å². The Labute approximate surface area is 77.3 Å². The van der Waals surface area contributed by atoms with Crippen LogP contribution in [0.15, 0.2) is 0 Å². The molecule has 0 aliphatic carbocycles. The van der Waals surface area contributed by atoms with E-state index in [1.165, 1.54) is 0 Å². The van der Waals surface area contributed by atoms with E-state index in [0.29, 0.717) is 0 Å². The SMILES string of the molecule is O=CN1CCC(C(=O)O)(C(F)(F)F)C1. The van der Waals surface area contributed by atoms with Gasteiger partial charge in [-0.15, -0.1) is 0 Å². The van der Waals surface area contributed by atoms with Crippen molar-refractivity contribution in [2.45, 2.75) is 12.6 Å². The van der Waals surface area contributed by atoms with Crippen molar-refractivity contribution in [1.82, 2.24) is 4.90 Å². The van der Waals surface area contributed by atoms with Gasteiger partial charge in [0.05, 0.1) is 0 Å². The van der Waals surface area contributed by atoms with Crippen molar-refractivity contribution < 1.29 is 27.9 Å². The minimum Gasteiger partial charge on any atom is -0.481 e. The summed E-state index contributed by atoms with van der Waals surface area (Å²) in [5, 5.41) is 8.55. The van der Waals surface area contributed by atoms with Gasteiger partial charge >= 0.3 is 12.1 Å². The van der Waals surface area contributed by atoms with Gasteiger partial charge in [0.25, 0.3) is 0 Å². The molecule has 14 heavy (non-hydrogen) atoms. The van der Waals surface area contributed by atoms with E-state index < -0.39 is 30.5 Å². The van der Waals surface area contributed by atoms with Crippen LogP contribution in [-0.2, 0) is 9.59 Å². The predicted octanol–water partition coefficient (Wildman–Crippen LogP) is 0.482. The standard InChI is InChI=1S/C7H8F3NO3/c8-7(9,10)6(5(13)14)1-2-11(3-6)4-12/h4H,1-3H2,(H,13,14). The summed E-state index contributed by atoms with van der Waals surface area (Å²) >= 11 is 0. The zero-order chi connectivity index (χ0) is 11.0. The Morgan fingerprint density at radius 2 is 2.07 bits per heavy atom. The second kappa shape index (κ2) is 3.14. The van der Waals surface area contributed by atoms with Gasteiger partial charge in [-0.1, -0.05) is 0 Å². The molecule has 4 nitrogen and oxygen atoms in total. The van der Waals surface area contributed by atoms with Crippen LogP contribution in [0.1, 0.15) is 6.42 Å². The van der Waals surface area contributed by atoms with Crippen molar-refractivity contribution in [2.75, 3.05) is 13.1 Å². The van der Waals surface area contributed by atoms with Gasteiger partial charge in [-0.05, 0) is 6.42 Å². The minimum absolute atomic E-state index is 0.171. The fraction of sp³-hybridized carbons (Fsp3) is 0.714. The number of aliphatic carboxylic acids is 1. The molecule has 0 aromatic carbocycles. The summed E-state index contributed by atoms with van der Waals surface area (Å²) in [6.07, 6.45) is -5.17. The van der Waals surface area contributed by atoms with E-state index >= 15 is 0 Å². The van der Waals surface area contributed by atoms with Gasteiger partial charge in [-0.25, -0.2) is 0 Å². The normalized spacial score (nSPS) is 27.8. The largest absolute Gasteiger partial charge is 0.481 e. The van der Waals surface area contributed by atoms with Gasteiger partial charge in [0.2, 0.25) is 6.41 Å². The number of carbonyl (C=O) groups excluding carboxylic acids is 1. The molecule has 1 atom stereocenters. The van der Waals surface area contributed by atoms with Crippen LogP contribution in [0.2, 0.25) is 0 Å². The Morgan fingerprint density at radius 3 is 2.29 bits per heavy atom. The number of nitrogens with zero attached hydrogens (tertiary/aromatic N) is 1. The van der Waals surface area contributed by atoms with Crippen LogP contribution in [-0.4, -0.2) is 41.7 Å². The Bertz CT molecular complexity index is 265. The Kier molecular flexibility index (Phi) is 2.43. The second-order valence-corrected chi connectivity index (χ2v) is 3.21. The molecule has 1 amide bonds. The summed E-state index contributed by atoms with van der Waals surface area (Å²) in [5.74, 6) is -1.92. The van der Waals surface area contributed by atoms with Gasteiger partial charge < -0.3 is 10.0 Å². The van der Waals surface area contributed by atoms with E-state index in [1.54, 1.807) is 0 Å². The number of carbonyl (C=O) groups is 2. The molecule has 0 radical (unpaired) electrons. The first-order valence-corrected chi connectivity index (χ1v) is 3.83. The highest BCUT2D eigenvalue weighted by Crippen LogP contribution is 2.45. The summed E-state index contributed by atoms with van der Waals surface area (Å²) in [7, 11) is 0. The maximum atomic E-state index is 12.5. The molecule has 1 aliphatic heterocycles. The fourth-order valence-electron chi connectivity index (χ4n) is 1.46. The quantitative estimate of drug-likeness (QED) is 0.676. The maximum Gasteiger partial charge on any atom is 0.406 e. The van der Waals surface area contributed by atoms with Gasteiger partial charge in [-0.3, -0.25) is 9.59 Å². The van der Waals surface area contributed by atoms with E-state index in [9.17, 15) is 22.8 Å². The molecule has 0 saturated carbocycles. The van der Waals surface area contributed by atoms with E-state index in [2.05, 4.69) is 0 Å². The molecule has 1 rings (SSSR count). The van der Waals surface area contributed by atoms with Crippen molar-refractivity contribution in [2.24, 2.45) is 5.41 Å². The Hall–Kier alpha value is -1.27. The molecule has 7 heteroatoms. The highest BCUT2D eigenvalue weighted by atomic mass is 19.4. The van der Waals surface area contributed by atoms with Crippen LogP contribution in [0.5, 0.6) is 0 Å². The minimum atomic E-state index is -4.82. The van der Waals surface area contributed by atoms with Crippen LogP contribution >= 0.6 is 0 Å². The number of carboxylic acid groups (broad SMARTS) is 1. The molecule has 1 fully saturated rings. The first-order chi connectivity index (χ1) is 6.33. The van der Waals surface area contributed by atoms with Crippen LogP contribution in [0, 0.1) is 5.41 Å². The van der Waals surface area contributed by atoms with Crippen molar-refractivity contribution in [1.29, 1.82) is 0 Å². The van der Waals surface area contributed by atoms with Crippen molar-refractivity contribution in [3.63, 3.8) is 0 Å². The summed E-state index contributed by atoms with van der Waals surface area (Å²) in [5.41, 5.74) is -2.78. The number of alkyl halides is 3. The molecule has 1 heterocycles. The Morgan fingerprint density at radius 1 is 1.50 bits per heavy atom. The number of carboxylic acids is 1. The van der Waals surface area contributed by atoms with E-state index in [1.807, 2.05) is 0 Å². The molecule has 0 spiro atoms. The third kappa shape index (κ3) is 1.42. The average Bonchev–Trinajstić information content (AvgIpc) is 2.47. The van der Waals surface area contributed by atoms with Gasteiger partial charge in [0.15, 0.2) is 5.41 Å². The molecule has 0 aromatic rings. The highest BCUT2D eigenvalue weighted by Gasteiger charge is 2.63. The molecule has 1 aliphatic rings. The van der Waals surface area contributed by atoms with E-state index in [-0.39, 0.29) is 13.0 Å². The third-order valence-corrected chi connectivity index (χ3v) is 2.40. The molecular weight excluding hydrogens is 203 g/mol. The lowest BCUT2D eigenvalue weighted by atomic mass is 9.86. The summed E-state index contributed by atoms with van der Waals surface area (Å²) in [6.45, 7) is -0.968. The van der Waals surface area contributed by atoms with Gasteiger partial charge in [-0.2, -0.15) is 13.2 Å². The molecule has 1 unspecified atom stereocenters. The van der Waals surface area contributed by atoms with Crippen molar-refractivity contribution in [3.8, 4) is 0 Å². The topological polar surface area (TPSA) is 57.6 Å². The maximum absolute atomic E-state index is 12.5. The van der Waals surface area contributed by atoms with Crippen LogP contribution in [0.4, 0.5) is 13.2 Å². The molecule has 0 bridgehead atoms.